The van der Waals surface area contributed by atoms with Crippen LogP contribution in [0.15, 0.2) is 12.7 Å². The van der Waals surface area contributed by atoms with E-state index < -0.39 is 74.6 Å². The fraction of sp³-hybridized carbons (Fsp3) is 0.867. The zero-order chi connectivity index (χ0) is 19.4. The molecular formula is C15H26O11. The number of aliphatic hydroxyl groups excluding tert-OH is 7. The van der Waals surface area contributed by atoms with Crippen molar-refractivity contribution < 1.29 is 54.7 Å². The summed E-state index contributed by atoms with van der Waals surface area (Å²) in [6.07, 6.45) is -13.1. The molecule has 0 saturated carbocycles. The summed E-state index contributed by atoms with van der Waals surface area (Å²) in [6, 6.07) is 0. The number of hydrogen-bond donors (Lipinski definition) is 7. The normalized spacial score (nSPS) is 46.9. The van der Waals surface area contributed by atoms with E-state index in [1.165, 1.54) is 6.08 Å². The Bertz CT molecular complexity index is 445. The van der Waals surface area contributed by atoms with Crippen LogP contribution in [0.25, 0.3) is 0 Å². The monoisotopic (exact) mass is 382 g/mol. The first-order valence-corrected chi connectivity index (χ1v) is 8.16. The number of aliphatic hydroxyl groups is 7. The molecule has 7 N–H and O–H groups in total. The lowest BCUT2D eigenvalue weighted by Gasteiger charge is -2.45. The second kappa shape index (κ2) is 9.48. The molecule has 26 heavy (non-hydrogen) atoms. The Labute approximate surface area is 149 Å². The lowest BCUT2D eigenvalue weighted by atomic mass is 9.97. The molecule has 0 bridgehead atoms. The molecule has 0 aliphatic carbocycles. The van der Waals surface area contributed by atoms with Crippen LogP contribution in [-0.2, 0) is 18.9 Å². The molecule has 11 nitrogen and oxygen atoms in total. The van der Waals surface area contributed by atoms with E-state index in [1.807, 2.05) is 0 Å². The van der Waals surface area contributed by atoms with E-state index in [4.69, 9.17) is 18.9 Å². The van der Waals surface area contributed by atoms with Crippen LogP contribution in [-0.4, -0.2) is 117 Å². The van der Waals surface area contributed by atoms with Crippen LogP contribution in [0.2, 0.25) is 0 Å². The van der Waals surface area contributed by atoms with Crippen molar-refractivity contribution in [1.82, 2.24) is 0 Å². The van der Waals surface area contributed by atoms with Crippen molar-refractivity contribution in [2.45, 2.75) is 61.4 Å². The first kappa shape index (κ1) is 21.6. The van der Waals surface area contributed by atoms with Gasteiger partial charge in [0.2, 0.25) is 0 Å². The Morgan fingerprint density at radius 3 is 1.92 bits per heavy atom. The summed E-state index contributed by atoms with van der Waals surface area (Å²) in [4.78, 5) is 0. The Kier molecular flexibility index (Phi) is 7.88. The van der Waals surface area contributed by atoms with Gasteiger partial charge in [0.25, 0.3) is 0 Å². The lowest BCUT2D eigenvalue weighted by Crippen LogP contribution is -2.64. The van der Waals surface area contributed by atoms with Gasteiger partial charge in [0.05, 0.1) is 19.8 Å². The van der Waals surface area contributed by atoms with Crippen molar-refractivity contribution in [2.24, 2.45) is 0 Å². The van der Waals surface area contributed by atoms with Crippen LogP contribution in [0.4, 0.5) is 0 Å². The summed E-state index contributed by atoms with van der Waals surface area (Å²) < 4.78 is 21.1. The molecule has 2 aliphatic heterocycles. The quantitative estimate of drug-likeness (QED) is 0.212. The first-order chi connectivity index (χ1) is 12.3. The highest BCUT2D eigenvalue weighted by Gasteiger charge is 2.50. The SMILES string of the molecule is C=CCO[C@H]1O[C@H](CO)[C@H](O[C@@H]2O[C@H](CO)[C@H](O)[C@H](O)[C@H]2O)[C@H](O)[C@H]1O. The zero-order valence-corrected chi connectivity index (χ0v) is 13.9. The summed E-state index contributed by atoms with van der Waals surface area (Å²) in [6.45, 7) is 2.22. The van der Waals surface area contributed by atoms with E-state index >= 15 is 0 Å². The number of ether oxygens (including phenoxy) is 4. The maximum Gasteiger partial charge on any atom is 0.187 e. The molecule has 0 amide bonds. The molecule has 2 saturated heterocycles. The maximum absolute atomic E-state index is 10.3. The van der Waals surface area contributed by atoms with Crippen LogP contribution in [0, 0.1) is 0 Å². The van der Waals surface area contributed by atoms with Crippen molar-refractivity contribution in [1.29, 1.82) is 0 Å². The van der Waals surface area contributed by atoms with Gasteiger partial charge in [-0.15, -0.1) is 6.58 Å². The third kappa shape index (κ3) is 4.40. The van der Waals surface area contributed by atoms with Gasteiger partial charge in [0.15, 0.2) is 12.6 Å². The molecule has 0 radical (unpaired) electrons. The van der Waals surface area contributed by atoms with Crippen molar-refractivity contribution in [2.75, 3.05) is 19.8 Å². The van der Waals surface area contributed by atoms with Gasteiger partial charge in [-0.05, 0) is 0 Å². The van der Waals surface area contributed by atoms with Crippen LogP contribution in [0.5, 0.6) is 0 Å². The molecule has 2 aliphatic rings. The highest BCUT2D eigenvalue weighted by Crippen LogP contribution is 2.29. The molecule has 152 valence electrons. The van der Waals surface area contributed by atoms with Gasteiger partial charge in [-0.2, -0.15) is 0 Å². The topological polar surface area (TPSA) is 179 Å². The highest BCUT2D eigenvalue weighted by atomic mass is 16.7. The Balaban J connectivity index is 2.10. The molecular weight excluding hydrogens is 356 g/mol. The molecule has 0 aromatic carbocycles. The van der Waals surface area contributed by atoms with Crippen LogP contribution >= 0.6 is 0 Å². The third-order valence-electron chi connectivity index (χ3n) is 4.34. The van der Waals surface area contributed by atoms with Gasteiger partial charge < -0.3 is 54.7 Å². The highest BCUT2D eigenvalue weighted by molar-refractivity contribution is 4.94. The van der Waals surface area contributed by atoms with Crippen molar-refractivity contribution in [3.63, 3.8) is 0 Å². The van der Waals surface area contributed by atoms with Gasteiger partial charge in [0, 0.05) is 0 Å². The van der Waals surface area contributed by atoms with Crippen LogP contribution in [0.1, 0.15) is 0 Å². The van der Waals surface area contributed by atoms with Crippen molar-refractivity contribution in [3.8, 4) is 0 Å². The average Bonchev–Trinajstić information content (AvgIpc) is 2.64. The molecule has 0 spiro atoms. The second-order valence-electron chi connectivity index (χ2n) is 6.13. The molecule has 2 rings (SSSR count). The standard InChI is InChI=1S/C15H26O11/c1-2-3-23-14-12(22)10(20)13(7(5-17)25-14)26-15-11(21)9(19)8(18)6(4-16)24-15/h2,6-22H,1,3-5H2/t6-,7-,8+,9+,10-,11-,12-,13+,14+,15+/m1/s1. The summed E-state index contributed by atoms with van der Waals surface area (Å²) in [5, 5.41) is 68.6. The van der Waals surface area contributed by atoms with Gasteiger partial charge in [-0.25, -0.2) is 0 Å². The molecule has 2 fully saturated rings. The summed E-state index contributed by atoms with van der Waals surface area (Å²) in [5.74, 6) is 0. The van der Waals surface area contributed by atoms with Crippen LogP contribution < -0.4 is 0 Å². The van der Waals surface area contributed by atoms with E-state index in [2.05, 4.69) is 6.58 Å². The van der Waals surface area contributed by atoms with Crippen molar-refractivity contribution in [3.05, 3.63) is 12.7 Å². The minimum absolute atomic E-state index is 0.0326. The third-order valence-corrected chi connectivity index (χ3v) is 4.34. The molecule has 11 heteroatoms. The first-order valence-electron chi connectivity index (χ1n) is 8.16. The largest absolute Gasteiger partial charge is 0.394 e. The lowest BCUT2D eigenvalue weighted by molar-refractivity contribution is -0.358. The summed E-state index contributed by atoms with van der Waals surface area (Å²) >= 11 is 0. The van der Waals surface area contributed by atoms with E-state index in [0.29, 0.717) is 0 Å². The summed E-state index contributed by atoms with van der Waals surface area (Å²) in [5.41, 5.74) is 0. The number of hydrogen-bond acceptors (Lipinski definition) is 11. The average molecular weight is 382 g/mol. The maximum atomic E-state index is 10.3. The second-order valence-corrected chi connectivity index (χ2v) is 6.13. The molecule has 2 heterocycles. The molecule has 10 atom stereocenters. The predicted octanol–water partition coefficient (Wildman–Crippen LogP) is -4.19. The fourth-order valence-corrected chi connectivity index (χ4v) is 2.86. The minimum Gasteiger partial charge on any atom is -0.394 e. The summed E-state index contributed by atoms with van der Waals surface area (Å²) in [7, 11) is 0. The zero-order valence-electron chi connectivity index (χ0n) is 13.9. The molecule has 0 aromatic heterocycles. The van der Waals surface area contributed by atoms with Gasteiger partial charge >= 0.3 is 0 Å². The molecule has 0 aromatic rings. The molecule has 0 unspecified atom stereocenters. The van der Waals surface area contributed by atoms with Crippen LogP contribution in [0.3, 0.4) is 0 Å². The van der Waals surface area contributed by atoms with Gasteiger partial charge in [0.1, 0.15) is 48.8 Å². The van der Waals surface area contributed by atoms with Gasteiger partial charge in [-0.3, -0.25) is 0 Å². The van der Waals surface area contributed by atoms with Gasteiger partial charge in [-0.1, -0.05) is 6.08 Å². The Morgan fingerprint density at radius 1 is 0.769 bits per heavy atom. The van der Waals surface area contributed by atoms with Crippen molar-refractivity contribution >= 4 is 0 Å². The Morgan fingerprint density at radius 2 is 1.35 bits per heavy atom. The van der Waals surface area contributed by atoms with E-state index in [1.54, 1.807) is 0 Å². The number of rotatable bonds is 7. The van der Waals surface area contributed by atoms with E-state index in [-0.39, 0.29) is 6.61 Å². The van der Waals surface area contributed by atoms with E-state index in [0.717, 1.165) is 0 Å². The predicted molar refractivity (Wildman–Crippen MR) is 82.5 cm³/mol. The minimum atomic E-state index is -1.70. The fourth-order valence-electron chi connectivity index (χ4n) is 2.86. The Hall–Kier alpha value is -0.700. The smallest absolute Gasteiger partial charge is 0.187 e. The van der Waals surface area contributed by atoms with E-state index in [9.17, 15) is 35.7 Å².